The van der Waals surface area contributed by atoms with Gasteiger partial charge >= 0.3 is 5.97 Å². The van der Waals surface area contributed by atoms with Crippen molar-refractivity contribution in [2.24, 2.45) is 29.2 Å². The van der Waals surface area contributed by atoms with E-state index in [0.29, 0.717) is 35.9 Å². The molecule has 0 unspecified atom stereocenters. The highest BCUT2D eigenvalue weighted by atomic mass is 16.5. The number of carbonyl (C=O) groups is 12. The Morgan fingerprint density at radius 2 is 1.33 bits per heavy atom. The number of primary amides is 1. The molecule has 2 aliphatic heterocycles. The third-order valence-corrected chi connectivity index (χ3v) is 16.2. The number of hydrogen-bond donors (Lipinski definition) is 20. The van der Waals surface area contributed by atoms with E-state index in [1.54, 1.807) is 58.2 Å². The molecule has 11 amide bonds. The van der Waals surface area contributed by atoms with Crippen LogP contribution in [0.25, 0.3) is 10.9 Å². The van der Waals surface area contributed by atoms with Gasteiger partial charge < -0.3 is 105 Å². The number of aromatic nitrogens is 1. The molecule has 3 aromatic rings. The van der Waals surface area contributed by atoms with Gasteiger partial charge in [0.2, 0.25) is 65.0 Å². The number of aliphatic hydroxyl groups excluding tert-OH is 4. The van der Waals surface area contributed by atoms with Crippen LogP contribution in [0, 0.1) is 23.2 Å². The molecule has 33 nitrogen and oxygen atoms in total. The van der Waals surface area contributed by atoms with Gasteiger partial charge in [-0.3, -0.25) is 58.1 Å². The minimum absolute atomic E-state index is 0.0127. The Morgan fingerprint density at radius 3 is 1.94 bits per heavy atom. The summed E-state index contributed by atoms with van der Waals surface area (Å²) >= 11 is 0. The highest BCUT2D eigenvalue weighted by Crippen LogP contribution is 2.26. The van der Waals surface area contributed by atoms with Crippen LogP contribution in [0.5, 0.6) is 0 Å². The number of aromatic amines is 1. The minimum atomic E-state index is -2.58. The summed E-state index contributed by atoms with van der Waals surface area (Å²) in [6.45, 7) is 8.82. The number of cyclic esters (lactones) is 1. The number of carbonyl (C=O) groups excluding carboxylic acids is 12. The Bertz CT molecular complexity index is 3200. The van der Waals surface area contributed by atoms with E-state index in [1.807, 2.05) is 5.32 Å². The van der Waals surface area contributed by atoms with E-state index in [0.717, 1.165) is 6.92 Å². The molecule has 2 fully saturated rings. The highest BCUT2D eigenvalue weighted by molar-refractivity contribution is 6.00. The summed E-state index contributed by atoms with van der Waals surface area (Å²) in [5.74, 6) is -16.8. The summed E-state index contributed by atoms with van der Waals surface area (Å²) in [4.78, 5) is 175. The second kappa shape index (κ2) is 36.4. The van der Waals surface area contributed by atoms with E-state index in [1.165, 1.54) is 44.2 Å². The number of rotatable bonds is 21. The van der Waals surface area contributed by atoms with Crippen molar-refractivity contribution in [1.82, 2.24) is 68.8 Å². The molecular formula is C62H92N16O17. The van der Waals surface area contributed by atoms with E-state index in [-0.39, 0.29) is 44.2 Å². The molecule has 1 aromatic heterocycles. The monoisotopic (exact) mass is 1330 g/mol. The first-order valence-corrected chi connectivity index (χ1v) is 31.5. The van der Waals surface area contributed by atoms with Gasteiger partial charge in [0.1, 0.15) is 48.3 Å². The molecule has 22 N–H and O–H groups in total. The number of aliphatic hydroxyl groups is 4. The van der Waals surface area contributed by atoms with Crippen molar-refractivity contribution in [3.05, 3.63) is 71.9 Å². The van der Waals surface area contributed by atoms with Gasteiger partial charge in [-0.25, -0.2) is 4.79 Å². The smallest absolute Gasteiger partial charge is 0.331 e. The van der Waals surface area contributed by atoms with E-state index >= 15 is 14.4 Å². The molecule has 5 rings (SSSR count). The number of ether oxygens (including phenoxy) is 1. The van der Waals surface area contributed by atoms with Crippen molar-refractivity contribution in [2.75, 3.05) is 26.2 Å². The third kappa shape index (κ3) is 22.1. The summed E-state index contributed by atoms with van der Waals surface area (Å²) in [5.41, 5.74) is 12.0. The fourth-order valence-electron chi connectivity index (χ4n) is 10.6. The second-order valence-corrected chi connectivity index (χ2v) is 24.4. The molecule has 0 saturated carbocycles. The first kappa shape index (κ1) is 76.4. The van der Waals surface area contributed by atoms with Gasteiger partial charge in [-0.15, -0.1) is 0 Å². The molecule has 33 heteroatoms. The number of nitrogens with two attached hydrogens (primary N) is 2. The van der Waals surface area contributed by atoms with Crippen molar-refractivity contribution in [2.45, 2.75) is 178 Å². The van der Waals surface area contributed by atoms with Crippen LogP contribution in [0.15, 0.2) is 60.8 Å². The normalized spacial score (nSPS) is 25.2. The summed E-state index contributed by atoms with van der Waals surface area (Å²) in [6, 6.07) is -3.42. The maximum absolute atomic E-state index is 15.6. The van der Waals surface area contributed by atoms with Crippen LogP contribution < -0.4 is 75.3 Å². The minimum Gasteiger partial charge on any atom is -0.453 e. The van der Waals surface area contributed by atoms with Crippen molar-refractivity contribution in [1.29, 1.82) is 5.41 Å². The number of H-pyrrole nitrogens is 1. The molecule has 2 aromatic carbocycles. The SMILES string of the molecule is CC[C@H](C)[C@@H]1NC(=O)[C@@H](CCCNC(=N)N)NC(=O)[C@H](CC(C)C)NC(=O)[C@H]([C@H](O)C(C)C)NC(=O)[C@@H](NC(=O)[C@H](Cc2c[nH]c3ccccc23)NC(=O)[C@H]2CCCN2)[C@@H](c2ccccc2)OC(=O)[C@H](CO)NC(=O)[C@H]([C@H](O)C(N)=O)NC(=O)CNC(=O)[C@H]([C@H](C)O)NC1=O. The zero-order valence-electron chi connectivity index (χ0n) is 54.1. The summed E-state index contributed by atoms with van der Waals surface area (Å²) < 4.78 is 6.01. The molecule has 0 bridgehead atoms. The van der Waals surface area contributed by atoms with Crippen LogP contribution in [0.3, 0.4) is 0 Å². The van der Waals surface area contributed by atoms with E-state index in [2.05, 4.69) is 63.5 Å². The van der Waals surface area contributed by atoms with Gasteiger partial charge in [-0.1, -0.05) is 96.5 Å². The topological polar surface area (TPSA) is 531 Å². The average molecular weight is 1330 g/mol. The standard InChI is InChI=1S/C62H92N16O17/c1-8-31(6)43-57(90)76-44(32(7)80)56(89)69-27-42(81)74-46(49(83)51(63)84)59(92)73-41(28-79)61(94)95-50(33-16-10-9-11-17-33)47(78-55(88)40(71-52(85)37-20-14-22-66-37)25-34-26-68-36-19-13-12-18-35(34)36)60(93)77-45(48(82)30(4)5)58(91)72-39(24-29(2)3)54(87)70-38(53(86)75-43)21-15-23-67-62(64)65/h9-13,16-19,26,29-32,37-41,43-50,66,68,79-80,82-83H,8,14-15,20-25,27-28H2,1-7H3,(H2,63,84)(H,69,89)(H,70,87)(H,71,85)(H,72,91)(H,73,92)(H,74,81)(H,75,86)(H,76,90)(H,77,93)(H,78,88)(H4,64,65,67)/t31-,32-,37+,38+,39-,40-,41-,43-,44-,45-,46-,47-,48+,49-,50+/m0/s1. The molecule has 15 atom stereocenters. The third-order valence-electron chi connectivity index (χ3n) is 16.2. The van der Waals surface area contributed by atoms with E-state index in [4.69, 9.17) is 21.6 Å². The fraction of sp³-hybridized carbons (Fsp3) is 0.565. The van der Waals surface area contributed by atoms with E-state index < -0.39 is 193 Å². The number of amides is 11. The Hall–Kier alpha value is -9.31. The average Bonchev–Trinajstić information content (AvgIpc) is 1.76. The van der Waals surface area contributed by atoms with Gasteiger partial charge in [-0.05, 0) is 80.5 Å². The maximum atomic E-state index is 15.6. The van der Waals surface area contributed by atoms with Crippen LogP contribution in [-0.2, 0) is 68.7 Å². The Kier molecular flexibility index (Phi) is 29.3. The lowest BCUT2D eigenvalue weighted by atomic mass is 9.95. The highest BCUT2D eigenvalue weighted by Gasteiger charge is 2.44. The fourth-order valence-corrected chi connectivity index (χ4v) is 10.6. The molecule has 0 aliphatic carbocycles. The Morgan fingerprint density at radius 1 is 0.716 bits per heavy atom. The van der Waals surface area contributed by atoms with Gasteiger partial charge in [0.25, 0.3) is 0 Å². The zero-order valence-corrected chi connectivity index (χ0v) is 54.1. The van der Waals surface area contributed by atoms with Crippen LogP contribution in [0.4, 0.5) is 0 Å². The lowest BCUT2D eigenvalue weighted by molar-refractivity contribution is -0.159. The molecule has 2 saturated heterocycles. The molecule has 95 heavy (non-hydrogen) atoms. The lowest BCUT2D eigenvalue weighted by Gasteiger charge is -2.33. The van der Waals surface area contributed by atoms with Gasteiger partial charge in [-0.2, -0.15) is 0 Å². The number of esters is 1. The van der Waals surface area contributed by atoms with Gasteiger partial charge in [0, 0.05) is 30.1 Å². The van der Waals surface area contributed by atoms with Crippen LogP contribution >= 0.6 is 0 Å². The van der Waals surface area contributed by atoms with E-state index in [9.17, 15) is 63.6 Å². The second-order valence-electron chi connectivity index (χ2n) is 24.4. The number of fused-ring (bicyclic) bond motifs is 1. The maximum Gasteiger partial charge on any atom is 0.331 e. The molecule has 0 radical (unpaired) electrons. The van der Waals surface area contributed by atoms with Crippen molar-refractivity contribution < 1.29 is 82.7 Å². The number of para-hydroxylation sites is 1. The molecule has 0 spiro atoms. The lowest BCUT2D eigenvalue weighted by Crippen LogP contribution is -2.64. The predicted molar refractivity (Wildman–Crippen MR) is 342 cm³/mol. The largest absolute Gasteiger partial charge is 0.453 e. The molecular weight excluding hydrogens is 1240 g/mol. The summed E-state index contributed by atoms with van der Waals surface area (Å²) in [6.07, 6.45) is -5.79. The van der Waals surface area contributed by atoms with Gasteiger partial charge in [0.05, 0.1) is 31.4 Å². The molecule has 3 heterocycles. The Balaban J connectivity index is 1.71. The number of benzene rings is 2. The van der Waals surface area contributed by atoms with Crippen molar-refractivity contribution >= 4 is 87.8 Å². The van der Waals surface area contributed by atoms with Crippen molar-refractivity contribution in [3.63, 3.8) is 0 Å². The first-order chi connectivity index (χ1) is 45.0. The number of nitrogens with one attached hydrogen (secondary N) is 14. The summed E-state index contributed by atoms with van der Waals surface area (Å²) in [5, 5.41) is 82.7. The summed E-state index contributed by atoms with van der Waals surface area (Å²) in [7, 11) is 0. The quantitative estimate of drug-likeness (QED) is 0.0205. The first-order valence-electron chi connectivity index (χ1n) is 31.5. The molecule has 2 aliphatic rings. The Labute approximate surface area is 548 Å². The van der Waals surface area contributed by atoms with Crippen LogP contribution in [-0.4, -0.2) is 207 Å². The predicted octanol–water partition coefficient (Wildman–Crippen LogP) is -5.17. The van der Waals surface area contributed by atoms with Crippen LogP contribution in [0.2, 0.25) is 0 Å². The number of hydrogen-bond acceptors (Lipinski definition) is 19. The van der Waals surface area contributed by atoms with Gasteiger partial charge in [0.15, 0.2) is 24.2 Å². The van der Waals surface area contributed by atoms with Crippen LogP contribution in [0.1, 0.15) is 104 Å². The zero-order chi connectivity index (χ0) is 70.4. The molecule has 522 valence electrons. The van der Waals surface area contributed by atoms with Crippen molar-refractivity contribution in [3.8, 4) is 0 Å². The number of guanidine groups is 1.